The van der Waals surface area contributed by atoms with Crippen molar-refractivity contribution in [3.8, 4) is 23.8 Å². The highest BCUT2D eigenvalue weighted by atomic mass is 79.9. The van der Waals surface area contributed by atoms with E-state index in [1.807, 2.05) is 26.0 Å². The van der Waals surface area contributed by atoms with E-state index in [1.54, 1.807) is 24.3 Å². The summed E-state index contributed by atoms with van der Waals surface area (Å²) in [5, 5.41) is 3.91. The lowest BCUT2D eigenvalue weighted by Gasteiger charge is -2.12. The van der Waals surface area contributed by atoms with Crippen LogP contribution in [0.1, 0.15) is 18.1 Å². The molecule has 2 aromatic rings. The number of hydrogen-bond acceptors (Lipinski definition) is 5. The molecule has 1 aliphatic rings. The van der Waals surface area contributed by atoms with Gasteiger partial charge in [-0.15, -0.1) is 6.42 Å². The maximum absolute atomic E-state index is 12.5. The number of rotatable bonds is 6. The third-order valence-electron chi connectivity index (χ3n) is 4.07. The number of carbonyl (C=O) groups is 1. The second kappa shape index (κ2) is 10.1. The van der Waals surface area contributed by atoms with Crippen molar-refractivity contribution in [1.82, 2.24) is 5.32 Å². The molecule has 0 atom stereocenters. The SMILES string of the molecule is C#CCOc1cc(Br)c(/C=C2/SC(=Nc3cccc(Cl)c3C)NC2=O)cc1OCC. The molecule has 2 aromatic carbocycles. The Bertz CT molecular complexity index is 1090. The summed E-state index contributed by atoms with van der Waals surface area (Å²) in [7, 11) is 0. The largest absolute Gasteiger partial charge is 0.490 e. The third-order valence-corrected chi connectivity index (χ3v) is 6.08. The second-order valence-corrected chi connectivity index (χ2v) is 8.40. The summed E-state index contributed by atoms with van der Waals surface area (Å²) in [6.07, 6.45) is 7.04. The molecule has 8 heteroatoms. The number of terminal acetylenes is 1. The molecule has 0 unspecified atom stereocenters. The molecule has 154 valence electrons. The molecule has 1 fully saturated rings. The molecule has 1 aliphatic heterocycles. The number of amidine groups is 1. The number of amides is 1. The molecule has 1 heterocycles. The molecule has 1 N–H and O–H groups in total. The number of aliphatic imine (C=N–C) groups is 1. The van der Waals surface area contributed by atoms with E-state index in [9.17, 15) is 4.79 Å². The standard InChI is InChI=1S/C22H18BrClN2O3S/c1-4-9-29-19-12-15(23)14(10-18(19)28-5-2)11-20-21(27)26-22(30-20)25-17-8-6-7-16(24)13(17)3/h1,6-8,10-12H,5,9H2,2-3H3,(H,25,26,27)/b20-11+. The minimum absolute atomic E-state index is 0.133. The van der Waals surface area contributed by atoms with Gasteiger partial charge in [0.2, 0.25) is 0 Å². The fourth-order valence-electron chi connectivity index (χ4n) is 2.61. The molecule has 3 rings (SSSR count). The van der Waals surface area contributed by atoms with Crippen molar-refractivity contribution in [2.45, 2.75) is 13.8 Å². The first-order valence-electron chi connectivity index (χ1n) is 9.00. The fraction of sp³-hybridized carbons (Fsp3) is 0.182. The zero-order chi connectivity index (χ0) is 21.7. The van der Waals surface area contributed by atoms with Gasteiger partial charge in [0.25, 0.3) is 5.91 Å². The summed E-state index contributed by atoms with van der Waals surface area (Å²) in [6.45, 7) is 4.37. The molecule has 0 aliphatic carbocycles. The van der Waals surface area contributed by atoms with Crippen molar-refractivity contribution in [2.24, 2.45) is 4.99 Å². The Labute approximate surface area is 193 Å². The molecule has 0 aromatic heterocycles. The van der Waals surface area contributed by atoms with Gasteiger partial charge in [-0.1, -0.05) is 39.5 Å². The molecule has 0 bridgehead atoms. The minimum Gasteiger partial charge on any atom is -0.490 e. The highest BCUT2D eigenvalue weighted by molar-refractivity contribution is 9.10. The first kappa shape index (κ1) is 22.3. The van der Waals surface area contributed by atoms with Gasteiger partial charge in [-0.2, -0.15) is 0 Å². The summed E-state index contributed by atoms with van der Waals surface area (Å²) in [5.74, 6) is 3.29. The van der Waals surface area contributed by atoms with E-state index in [-0.39, 0.29) is 12.5 Å². The van der Waals surface area contributed by atoms with Crippen LogP contribution in [0.3, 0.4) is 0 Å². The number of carbonyl (C=O) groups excluding carboxylic acids is 1. The van der Waals surface area contributed by atoms with E-state index < -0.39 is 0 Å². The van der Waals surface area contributed by atoms with Gasteiger partial charge in [0.15, 0.2) is 16.7 Å². The van der Waals surface area contributed by atoms with Crippen LogP contribution in [0.5, 0.6) is 11.5 Å². The van der Waals surface area contributed by atoms with Crippen molar-refractivity contribution < 1.29 is 14.3 Å². The molecule has 1 amide bonds. The van der Waals surface area contributed by atoms with Crippen molar-refractivity contribution in [3.63, 3.8) is 0 Å². The predicted molar refractivity (Wildman–Crippen MR) is 127 cm³/mol. The van der Waals surface area contributed by atoms with E-state index >= 15 is 0 Å². The molecular weight excluding hydrogens is 488 g/mol. The van der Waals surface area contributed by atoms with Crippen LogP contribution in [0.25, 0.3) is 6.08 Å². The monoisotopic (exact) mass is 504 g/mol. The Balaban J connectivity index is 1.90. The minimum atomic E-state index is -0.226. The summed E-state index contributed by atoms with van der Waals surface area (Å²) in [5.41, 5.74) is 2.33. The van der Waals surface area contributed by atoms with Crippen molar-refractivity contribution >= 4 is 62.1 Å². The number of nitrogens with one attached hydrogen (secondary N) is 1. The van der Waals surface area contributed by atoms with Crippen molar-refractivity contribution in [3.05, 3.63) is 55.9 Å². The van der Waals surface area contributed by atoms with Crippen LogP contribution in [0.4, 0.5) is 5.69 Å². The average molecular weight is 506 g/mol. The van der Waals surface area contributed by atoms with E-state index in [4.69, 9.17) is 27.5 Å². The summed E-state index contributed by atoms with van der Waals surface area (Å²) >= 11 is 10.9. The van der Waals surface area contributed by atoms with E-state index in [0.29, 0.717) is 38.9 Å². The van der Waals surface area contributed by atoms with Gasteiger partial charge in [0.1, 0.15) is 6.61 Å². The maximum Gasteiger partial charge on any atom is 0.264 e. The third kappa shape index (κ3) is 5.20. The van der Waals surface area contributed by atoms with Crippen LogP contribution in [0.15, 0.2) is 44.7 Å². The molecule has 5 nitrogen and oxygen atoms in total. The number of ether oxygens (including phenoxy) is 2. The van der Waals surface area contributed by atoms with Crippen LogP contribution < -0.4 is 14.8 Å². The Morgan fingerprint density at radius 3 is 2.83 bits per heavy atom. The quantitative estimate of drug-likeness (QED) is 0.403. The highest BCUT2D eigenvalue weighted by Crippen LogP contribution is 2.37. The Morgan fingerprint density at radius 1 is 1.33 bits per heavy atom. The highest BCUT2D eigenvalue weighted by Gasteiger charge is 2.25. The Kier molecular flexibility index (Phi) is 7.48. The maximum atomic E-state index is 12.5. The van der Waals surface area contributed by atoms with Gasteiger partial charge < -0.3 is 14.8 Å². The zero-order valence-electron chi connectivity index (χ0n) is 16.3. The lowest BCUT2D eigenvalue weighted by molar-refractivity contribution is -0.115. The normalized spacial score (nSPS) is 15.9. The number of nitrogens with zero attached hydrogens (tertiary/aromatic N) is 1. The topological polar surface area (TPSA) is 59.9 Å². The lowest BCUT2D eigenvalue weighted by atomic mass is 10.2. The molecule has 0 radical (unpaired) electrons. The number of hydrogen-bond donors (Lipinski definition) is 1. The Morgan fingerprint density at radius 2 is 2.10 bits per heavy atom. The lowest BCUT2D eigenvalue weighted by Crippen LogP contribution is -2.19. The Hall–Kier alpha value is -2.40. The number of halogens is 2. The van der Waals surface area contributed by atoms with Gasteiger partial charge in [-0.3, -0.25) is 4.79 Å². The van der Waals surface area contributed by atoms with E-state index in [0.717, 1.165) is 15.6 Å². The van der Waals surface area contributed by atoms with Gasteiger partial charge in [-0.25, -0.2) is 4.99 Å². The molecular formula is C22H18BrClN2O3S. The zero-order valence-corrected chi connectivity index (χ0v) is 19.5. The average Bonchev–Trinajstić information content (AvgIpc) is 3.05. The molecule has 30 heavy (non-hydrogen) atoms. The first-order chi connectivity index (χ1) is 14.4. The summed E-state index contributed by atoms with van der Waals surface area (Å²) in [4.78, 5) is 17.5. The van der Waals surface area contributed by atoms with Crippen LogP contribution in [0.2, 0.25) is 5.02 Å². The van der Waals surface area contributed by atoms with E-state index in [2.05, 4.69) is 32.2 Å². The summed E-state index contributed by atoms with van der Waals surface area (Å²) in [6, 6.07) is 9.05. The molecule has 0 saturated carbocycles. The number of benzene rings is 2. The van der Waals surface area contributed by atoms with Gasteiger partial charge in [-0.05, 0) is 67.1 Å². The predicted octanol–water partition coefficient (Wildman–Crippen LogP) is 5.71. The van der Waals surface area contributed by atoms with Gasteiger partial charge >= 0.3 is 0 Å². The fourth-order valence-corrected chi connectivity index (χ4v) is 4.04. The first-order valence-corrected chi connectivity index (χ1v) is 11.0. The van der Waals surface area contributed by atoms with Crippen LogP contribution in [-0.2, 0) is 4.79 Å². The second-order valence-electron chi connectivity index (χ2n) is 6.11. The smallest absolute Gasteiger partial charge is 0.264 e. The molecule has 1 saturated heterocycles. The van der Waals surface area contributed by atoms with Gasteiger partial charge in [0.05, 0.1) is 17.2 Å². The number of thioether (sulfide) groups is 1. The van der Waals surface area contributed by atoms with Crippen LogP contribution in [-0.4, -0.2) is 24.3 Å². The van der Waals surface area contributed by atoms with Crippen molar-refractivity contribution in [1.29, 1.82) is 0 Å². The van der Waals surface area contributed by atoms with Crippen LogP contribution >= 0.6 is 39.3 Å². The summed E-state index contributed by atoms with van der Waals surface area (Å²) < 4.78 is 11.9. The van der Waals surface area contributed by atoms with E-state index in [1.165, 1.54) is 11.8 Å². The van der Waals surface area contributed by atoms with Crippen molar-refractivity contribution in [2.75, 3.05) is 13.2 Å². The van der Waals surface area contributed by atoms with Gasteiger partial charge in [0, 0.05) is 9.50 Å². The van der Waals surface area contributed by atoms with Crippen LogP contribution in [0, 0.1) is 19.3 Å². The molecule has 0 spiro atoms.